The van der Waals surface area contributed by atoms with E-state index in [9.17, 15) is 0 Å². The van der Waals surface area contributed by atoms with Crippen LogP contribution in [0.5, 0.6) is 0 Å². The number of ether oxygens (including phenoxy) is 1. The minimum Gasteiger partial charge on any atom is -0.378 e. The Balaban J connectivity index is 1.75. The molecule has 2 aliphatic rings. The van der Waals surface area contributed by atoms with Crippen molar-refractivity contribution in [1.29, 1.82) is 0 Å². The van der Waals surface area contributed by atoms with Gasteiger partial charge in [-0.1, -0.05) is 13.3 Å². The molecule has 3 heteroatoms. The van der Waals surface area contributed by atoms with Crippen molar-refractivity contribution in [3.8, 4) is 0 Å². The van der Waals surface area contributed by atoms with Crippen LogP contribution in [-0.2, 0) is 4.74 Å². The maximum Gasteiger partial charge on any atom is 0.0604 e. The van der Waals surface area contributed by atoms with Gasteiger partial charge in [-0.2, -0.15) is 0 Å². The Kier molecular flexibility index (Phi) is 4.22. The van der Waals surface area contributed by atoms with Crippen LogP contribution in [-0.4, -0.2) is 42.8 Å². The third kappa shape index (κ3) is 2.58. The van der Waals surface area contributed by atoms with E-state index in [2.05, 4.69) is 18.7 Å². The predicted octanol–water partition coefficient (Wildman–Crippen LogP) is 1.61. The highest BCUT2D eigenvalue weighted by Gasteiger charge is 2.37. The van der Waals surface area contributed by atoms with Crippen LogP contribution in [0.3, 0.4) is 0 Å². The Hall–Kier alpha value is -0.120. The fraction of sp³-hybridized carbons (Fsp3) is 1.00. The van der Waals surface area contributed by atoms with E-state index in [0.717, 1.165) is 12.6 Å². The summed E-state index contributed by atoms with van der Waals surface area (Å²) in [5, 5.41) is 0. The lowest BCUT2D eigenvalue weighted by Gasteiger charge is -2.47. The maximum atomic E-state index is 6.13. The van der Waals surface area contributed by atoms with Crippen molar-refractivity contribution in [2.75, 3.05) is 19.7 Å². The molecule has 0 aromatic carbocycles. The van der Waals surface area contributed by atoms with Crippen molar-refractivity contribution in [2.45, 2.75) is 57.7 Å². The summed E-state index contributed by atoms with van der Waals surface area (Å²) in [6, 6.07) is 1.21. The Bertz CT molecular complexity index is 216. The highest BCUT2D eigenvalue weighted by Crippen LogP contribution is 2.31. The molecule has 1 heterocycles. The molecule has 0 radical (unpaired) electrons. The molecule has 2 rings (SSSR count). The minimum absolute atomic E-state index is 0.434. The molecule has 1 aliphatic heterocycles. The van der Waals surface area contributed by atoms with Gasteiger partial charge < -0.3 is 10.5 Å². The molecule has 2 N–H and O–H groups in total. The zero-order valence-corrected chi connectivity index (χ0v) is 10.7. The first-order chi connectivity index (χ1) is 7.74. The molecule has 0 aromatic heterocycles. The Morgan fingerprint density at radius 1 is 1.31 bits per heavy atom. The number of hydrogen-bond acceptors (Lipinski definition) is 3. The third-order valence-corrected chi connectivity index (χ3v) is 4.34. The highest BCUT2D eigenvalue weighted by molar-refractivity contribution is 4.92. The van der Waals surface area contributed by atoms with Crippen LogP contribution < -0.4 is 5.73 Å². The van der Waals surface area contributed by atoms with E-state index in [1.54, 1.807) is 0 Å². The van der Waals surface area contributed by atoms with Gasteiger partial charge in [0.1, 0.15) is 0 Å². The number of likely N-dealkylation sites (tertiary alicyclic amines) is 1. The monoisotopic (exact) mass is 226 g/mol. The second-order valence-electron chi connectivity index (χ2n) is 5.32. The lowest BCUT2D eigenvalue weighted by Crippen LogP contribution is -2.55. The molecular formula is C13H26N2O. The molecule has 0 spiro atoms. The van der Waals surface area contributed by atoms with Gasteiger partial charge in [0, 0.05) is 25.2 Å². The van der Waals surface area contributed by atoms with E-state index >= 15 is 0 Å². The summed E-state index contributed by atoms with van der Waals surface area (Å²) in [5.41, 5.74) is 6.13. The van der Waals surface area contributed by atoms with E-state index in [-0.39, 0.29) is 0 Å². The number of piperidine rings is 1. The van der Waals surface area contributed by atoms with Gasteiger partial charge in [-0.3, -0.25) is 4.90 Å². The quantitative estimate of drug-likeness (QED) is 0.791. The topological polar surface area (TPSA) is 38.5 Å². The molecule has 1 saturated heterocycles. The number of nitrogens with zero attached hydrogens (tertiary/aromatic N) is 1. The summed E-state index contributed by atoms with van der Waals surface area (Å²) in [7, 11) is 0. The maximum absolute atomic E-state index is 6.13. The van der Waals surface area contributed by atoms with E-state index in [1.807, 2.05) is 0 Å². The zero-order chi connectivity index (χ0) is 11.5. The fourth-order valence-corrected chi connectivity index (χ4v) is 3.05. The summed E-state index contributed by atoms with van der Waals surface area (Å²) < 4.78 is 5.62. The standard InChI is InChI=1S/C13H26N2O/c1-3-10-9-15(6-5-13(10)14)11-7-12(8-11)16-4-2/h10-13H,3-9,14H2,1-2H3. The number of rotatable bonds is 4. The Morgan fingerprint density at radius 3 is 2.69 bits per heavy atom. The van der Waals surface area contributed by atoms with Crippen LogP contribution in [0.4, 0.5) is 0 Å². The molecular weight excluding hydrogens is 200 g/mol. The molecule has 0 bridgehead atoms. The zero-order valence-electron chi connectivity index (χ0n) is 10.7. The largest absolute Gasteiger partial charge is 0.378 e. The van der Waals surface area contributed by atoms with Gasteiger partial charge in [0.05, 0.1) is 6.10 Å². The number of nitrogens with two attached hydrogens (primary N) is 1. The predicted molar refractivity (Wildman–Crippen MR) is 66.4 cm³/mol. The Labute approximate surface area is 99.3 Å². The molecule has 1 aliphatic carbocycles. The van der Waals surface area contributed by atoms with Gasteiger partial charge >= 0.3 is 0 Å². The average molecular weight is 226 g/mol. The van der Waals surface area contributed by atoms with Crippen LogP contribution in [0.25, 0.3) is 0 Å². The van der Waals surface area contributed by atoms with Crippen molar-refractivity contribution in [3.05, 3.63) is 0 Å². The average Bonchev–Trinajstić information content (AvgIpc) is 2.24. The van der Waals surface area contributed by atoms with E-state index in [1.165, 1.54) is 38.8 Å². The molecule has 16 heavy (non-hydrogen) atoms. The van der Waals surface area contributed by atoms with Gasteiger partial charge in [0.2, 0.25) is 0 Å². The summed E-state index contributed by atoms with van der Waals surface area (Å²) in [5.74, 6) is 0.708. The summed E-state index contributed by atoms with van der Waals surface area (Å²) in [6.07, 6.45) is 5.40. The van der Waals surface area contributed by atoms with Gasteiger partial charge in [0.15, 0.2) is 0 Å². The molecule has 0 aromatic rings. The summed E-state index contributed by atoms with van der Waals surface area (Å²) in [4.78, 5) is 2.65. The van der Waals surface area contributed by atoms with Gasteiger partial charge in [0.25, 0.3) is 0 Å². The number of hydrogen-bond donors (Lipinski definition) is 1. The molecule has 2 fully saturated rings. The van der Waals surface area contributed by atoms with E-state index < -0.39 is 0 Å². The lowest BCUT2D eigenvalue weighted by atomic mass is 9.83. The lowest BCUT2D eigenvalue weighted by molar-refractivity contribution is -0.0573. The fourth-order valence-electron chi connectivity index (χ4n) is 3.05. The summed E-state index contributed by atoms with van der Waals surface area (Å²) >= 11 is 0. The third-order valence-electron chi connectivity index (χ3n) is 4.34. The molecule has 2 atom stereocenters. The van der Waals surface area contributed by atoms with Crippen LogP contribution in [0.2, 0.25) is 0 Å². The first kappa shape index (κ1) is 12.3. The van der Waals surface area contributed by atoms with Crippen LogP contribution >= 0.6 is 0 Å². The van der Waals surface area contributed by atoms with E-state index in [4.69, 9.17) is 10.5 Å². The first-order valence-corrected chi connectivity index (χ1v) is 6.85. The molecule has 0 amide bonds. The first-order valence-electron chi connectivity index (χ1n) is 6.85. The molecule has 3 nitrogen and oxygen atoms in total. The smallest absolute Gasteiger partial charge is 0.0604 e. The van der Waals surface area contributed by atoms with Crippen molar-refractivity contribution in [2.24, 2.45) is 11.7 Å². The van der Waals surface area contributed by atoms with Gasteiger partial charge in [-0.05, 0) is 38.6 Å². The van der Waals surface area contributed by atoms with Gasteiger partial charge in [-0.15, -0.1) is 0 Å². The van der Waals surface area contributed by atoms with Crippen molar-refractivity contribution in [3.63, 3.8) is 0 Å². The van der Waals surface area contributed by atoms with E-state index in [0.29, 0.717) is 18.1 Å². The van der Waals surface area contributed by atoms with Crippen LogP contribution in [0.15, 0.2) is 0 Å². The minimum atomic E-state index is 0.434. The molecule has 1 saturated carbocycles. The second kappa shape index (κ2) is 5.48. The SMILES string of the molecule is CCOC1CC(N2CCC(N)C(CC)C2)C1. The highest BCUT2D eigenvalue weighted by atomic mass is 16.5. The van der Waals surface area contributed by atoms with Crippen molar-refractivity contribution in [1.82, 2.24) is 4.90 Å². The molecule has 2 unspecified atom stereocenters. The van der Waals surface area contributed by atoms with Crippen LogP contribution in [0.1, 0.15) is 39.5 Å². The summed E-state index contributed by atoms with van der Waals surface area (Å²) in [6.45, 7) is 7.61. The Morgan fingerprint density at radius 2 is 2.06 bits per heavy atom. The van der Waals surface area contributed by atoms with Gasteiger partial charge in [-0.25, -0.2) is 0 Å². The van der Waals surface area contributed by atoms with Crippen molar-refractivity contribution >= 4 is 0 Å². The normalized spacial score (nSPS) is 40.7. The van der Waals surface area contributed by atoms with Crippen molar-refractivity contribution < 1.29 is 4.74 Å². The van der Waals surface area contributed by atoms with Crippen LogP contribution in [0, 0.1) is 5.92 Å². The molecule has 94 valence electrons. The second-order valence-corrected chi connectivity index (χ2v) is 5.32.